The smallest absolute Gasteiger partial charge is 0.289 e. The first-order valence-electron chi connectivity index (χ1n) is 5.52. The van der Waals surface area contributed by atoms with Gasteiger partial charge in [0, 0.05) is 23.0 Å². The maximum Gasteiger partial charge on any atom is 0.416 e. The number of alkyl halides is 3. The highest BCUT2D eigenvalue weighted by molar-refractivity contribution is 6.09. The number of carbonyl (C=O) groups excluding carboxylic acids is 1. The van der Waals surface area contributed by atoms with Crippen LogP contribution in [0.3, 0.4) is 0 Å². The van der Waals surface area contributed by atoms with Crippen LogP contribution in [-0.4, -0.2) is 10.8 Å². The van der Waals surface area contributed by atoms with Gasteiger partial charge in [0.1, 0.15) is 0 Å². The van der Waals surface area contributed by atoms with Gasteiger partial charge in [-0.05, 0) is 31.2 Å². The molecule has 0 aliphatic heterocycles. The van der Waals surface area contributed by atoms with E-state index in [0.717, 1.165) is 12.1 Å². The van der Waals surface area contributed by atoms with Gasteiger partial charge in [-0.3, -0.25) is 9.78 Å². The fourth-order valence-corrected chi connectivity index (χ4v) is 1.69. The van der Waals surface area contributed by atoms with E-state index in [2.05, 4.69) is 4.98 Å². The molecule has 0 aliphatic carbocycles. The zero-order valence-electron chi connectivity index (χ0n) is 10.0. The van der Waals surface area contributed by atoms with Crippen LogP contribution in [0.4, 0.5) is 13.2 Å². The van der Waals surface area contributed by atoms with E-state index in [1.165, 1.54) is 24.4 Å². The number of carbonyl (C=O) groups is 1. The molecule has 0 aliphatic rings. The largest absolute Gasteiger partial charge is 0.416 e. The third-order valence-electron chi connectivity index (χ3n) is 2.61. The van der Waals surface area contributed by atoms with Gasteiger partial charge in [0.15, 0.2) is 5.78 Å². The minimum absolute atomic E-state index is 0.0143. The Hall–Kier alpha value is -2.17. The summed E-state index contributed by atoms with van der Waals surface area (Å²) < 4.78 is 37.7. The number of ketones is 1. The zero-order valence-corrected chi connectivity index (χ0v) is 10.0. The lowest BCUT2D eigenvalue weighted by molar-refractivity contribution is -0.137. The van der Waals surface area contributed by atoms with Crippen molar-refractivity contribution in [2.24, 2.45) is 0 Å². The Morgan fingerprint density at radius 1 is 1.11 bits per heavy atom. The van der Waals surface area contributed by atoms with Crippen molar-refractivity contribution in [3.8, 4) is 0 Å². The van der Waals surface area contributed by atoms with Crippen molar-refractivity contribution in [3.05, 3.63) is 65.0 Å². The Bertz CT molecular complexity index is 620. The molecule has 1 aromatic carbocycles. The molecule has 1 heterocycles. The number of benzene rings is 1. The highest BCUT2D eigenvalue weighted by Gasteiger charge is 2.30. The molecular weight excluding hydrogens is 255 g/mol. The van der Waals surface area contributed by atoms with Gasteiger partial charge in [-0.25, -0.2) is 0 Å². The maximum absolute atomic E-state index is 12.6. The molecule has 0 N–H and O–H groups in total. The second-order valence-electron chi connectivity index (χ2n) is 4.09. The maximum atomic E-state index is 12.6. The molecule has 0 saturated carbocycles. The van der Waals surface area contributed by atoms with Crippen LogP contribution in [0.25, 0.3) is 0 Å². The fourth-order valence-electron chi connectivity index (χ4n) is 1.69. The molecule has 19 heavy (non-hydrogen) atoms. The summed E-state index contributed by atoms with van der Waals surface area (Å²) in [6.07, 6.45) is -3.00. The highest BCUT2D eigenvalue weighted by Crippen LogP contribution is 2.29. The van der Waals surface area contributed by atoms with E-state index in [-0.39, 0.29) is 5.56 Å². The van der Waals surface area contributed by atoms with E-state index in [4.69, 9.17) is 0 Å². The van der Waals surface area contributed by atoms with Gasteiger partial charge in [-0.1, -0.05) is 12.1 Å². The van der Waals surface area contributed by atoms with Crippen LogP contribution in [0.15, 0.2) is 42.6 Å². The Morgan fingerprint density at radius 3 is 2.42 bits per heavy atom. The lowest BCUT2D eigenvalue weighted by Crippen LogP contribution is -2.08. The third-order valence-corrected chi connectivity index (χ3v) is 2.61. The average Bonchev–Trinajstić information content (AvgIpc) is 2.37. The minimum atomic E-state index is -4.45. The lowest BCUT2D eigenvalue weighted by atomic mass is 10.0. The van der Waals surface area contributed by atoms with Crippen molar-refractivity contribution in [1.82, 2.24) is 4.98 Å². The highest BCUT2D eigenvalue weighted by atomic mass is 19.4. The van der Waals surface area contributed by atoms with Gasteiger partial charge in [-0.15, -0.1) is 0 Å². The van der Waals surface area contributed by atoms with Gasteiger partial charge in [0.25, 0.3) is 0 Å². The quantitative estimate of drug-likeness (QED) is 0.776. The minimum Gasteiger partial charge on any atom is -0.289 e. The molecule has 0 atom stereocenters. The van der Waals surface area contributed by atoms with Crippen LogP contribution in [-0.2, 0) is 6.18 Å². The number of aromatic nitrogens is 1. The molecule has 2 rings (SSSR count). The van der Waals surface area contributed by atoms with Crippen molar-refractivity contribution >= 4 is 5.78 Å². The number of aryl methyl sites for hydroxylation is 1. The van der Waals surface area contributed by atoms with E-state index < -0.39 is 17.5 Å². The predicted octanol–water partition coefficient (Wildman–Crippen LogP) is 3.64. The standard InChI is InChI=1S/C14H10F3NO/c1-9-7-11(5-6-18-9)13(19)10-3-2-4-12(8-10)14(15,16)17/h2-8H,1H3. The van der Waals surface area contributed by atoms with E-state index >= 15 is 0 Å². The lowest BCUT2D eigenvalue weighted by Gasteiger charge is -2.08. The van der Waals surface area contributed by atoms with Crippen LogP contribution < -0.4 is 0 Å². The molecular formula is C14H10F3NO. The van der Waals surface area contributed by atoms with Crippen LogP contribution in [0, 0.1) is 6.92 Å². The number of hydrogen-bond donors (Lipinski definition) is 0. The van der Waals surface area contributed by atoms with Gasteiger partial charge in [0.2, 0.25) is 0 Å². The number of hydrogen-bond acceptors (Lipinski definition) is 2. The number of nitrogens with zero attached hydrogens (tertiary/aromatic N) is 1. The van der Waals surface area contributed by atoms with Gasteiger partial charge in [-0.2, -0.15) is 13.2 Å². The van der Waals surface area contributed by atoms with E-state index in [0.29, 0.717) is 11.3 Å². The van der Waals surface area contributed by atoms with Crippen molar-refractivity contribution in [2.45, 2.75) is 13.1 Å². The van der Waals surface area contributed by atoms with E-state index in [1.54, 1.807) is 13.0 Å². The summed E-state index contributed by atoms with van der Waals surface area (Å²) in [5, 5.41) is 0. The van der Waals surface area contributed by atoms with Crippen molar-refractivity contribution in [2.75, 3.05) is 0 Å². The molecule has 0 amide bonds. The van der Waals surface area contributed by atoms with Gasteiger partial charge < -0.3 is 0 Å². The predicted molar refractivity (Wildman–Crippen MR) is 63.9 cm³/mol. The molecule has 0 spiro atoms. The van der Waals surface area contributed by atoms with Crippen molar-refractivity contribution in [3.63, 3.8) is 0 Å². The van der Waals surface area contributed by atoms with Crippen LogP contribution >= 0.6 is 0 Å². The number of halogens is 3. The Labute approximate surface area is 107 Å². The first-order chi connectivity index (χ1) is 8.88. The van der Waals surface area contributed by atoms with Crippen LogP contribution in [0.2, 0.25) is 0 Å². The summed E-state index contributed by atoms with van der Waals surface area (Å²) in [7, 11) is 0. The molecule has 2 nitrogen and oxygen atoms in total. The molecule has 0 radical (unpaired) electrons. The summed E-state index contributed by atoms with van der Waals surface area (Å²) in [6, 6.07) is 7.42. The second kappa shape index (κ2) is 4.84. The SMILES string of the molecule is Cc1cc(C(=O)c2cccc(C(F)(F)F)c2)ccn1. The van der Waals surface area contributed by atoms with E-state index in [1.807, 2.05) is 0 Å². The molecule has 5 heteroatoms. The first-order valence-corrected chi connectivity index (χ1v) is 5.52. The second-order valence-corrected chi connectivity index (χ2v) is 4.09. The summed E-state index contributed by atoms with van der Waals surface area (Å²) in [4.78, 5) is 16.0. The summed E-state index contributed by atoms with van der Waals surface area (Å²) in [5.41, 5.74) is 0.147. The van der Waals surface area contributed by atoms with Crippen molar-refractivity contribution < 1.29 is 18.0 Å². The number of rotatable bonds is 2. The van der Waals surface area contributed by atoms with Gasteiger partial charge >= 0.3 is 6.18 Å². The topological polar surface area (TPSA) is 30.0 Å². The number of pyridine rings is 1. The molecule has 0 fully saturated rings. The Kier molecular flexibility index (Phi) is 3.38. The van der Waals surface area contributed by atoms with Gasteiger partial charge in [0.05, 0.1) is 5.56 Å². The summed E-state index contributed by atoms with van der Waals surface area (Å²) >= 11 is 0. The van der Waals surface area contributed by atoms with Crippen molar-refractivity contribution in [1.29, 1.82) is 0 Å². The first kappa shape index (κ1) is 13.3. The molecule has 0 saturated heterocycles. The summed E-state index contributed by atoms with van der Waals surface area (Å²) in [6.45, 7) is 1.71. The normalized spacial score (nSPS) is 11.4. The Balaban J connectivity index is 2.40. The molecule has 98 valence electrons. The molecule has 2 aromatic rings. The average molecular weight is 265 g/mol. The monoisotopic (exact) mass is 265 g/mol. The van der Waals surface area contributed by atoms with Crippen LogP contribution in [0.5, 0.6) is 0 Å². The summed E-state index contributed by atoms with van der Waals surface area (Å²) in [5.74, 6) is -0.448. The van der Waals surface area contributed by atoms with Crippen LogP contribution in [0.1, 0.15) is 27.2 Å². The fraction of sp³-hybridized carbons (Fsp3) is 0.143. The third kappa shape index (κ3) is 2.99. The Morgan fingerprint density at radius 2 is 1.79 bits per heavy atom. The molecule has 0 bridgehead atoms. The zero-order chi connectivity index (χ0) is 14.0. The molecule has 0 unspecified atom stereocenters. The van der Waals surface area contributed by atoms with E-state index in [9.17, 15) is 18.0 Å². The molecule has 1 aromatic heterocycles.